The Labute approximate surface area is 229 Å². The SMILES string of the molecule is Cc1nc2c(F)cc(-c3nc(Nc4ccc(N(C)Cc5ccc(C(=O)O)cc5)cn4)ncc3F)cc2n1C(C)C. The van der Waals surface area contributed by atoms with Gasteiger partial charge in [-0.25, -0.2) is 33.5 Å². The third-order valence-corrected chi connectivity index (χ3v) is 6.51. The Morgan fingerprint density at radius 1 is 1.02 bits per heavy atom. The summed E-state index contributed by atoms with van der Waals surface area (Å²) in [5.41, 5.74) is 3.03. The summed E-state index contributed by atoms with van der Waals surface area (Å²) in [6.07, 6.45) is 2.70. The molecule has 0 aliphatic rings. The van der Waals surface area contributed by atoms with Crippen LogP contribution in [0.3, 0.4) is 0 Å². The molecule has 0 bridgehead atoms. The van der Waals surface area contributed by atoms with Crippen molar-refractivity contribution < 1.29 is 18.7 Å². The minimum atomic E-state index is -0.966. The summed E-state index contributed by atoms with van der Waals surface area (Å²) in [7, 11) is 1.90. The number of nitrogens with one attached hydrogen (secondary N) is 1. The van der Waals surface area contributed by atoms with Gasteiger partial charge in [0.25, 0.3) is 0 Å². The predicted molar refractivity (Wildman–Crippen MR) is 149 cm³/mol. The van der Waals surface area contributed by atoms with Gasteiger partial charge in [-0.05, 0) is 62.7 Å². The second-order valence-electron chi connectivity index (χ2n) is 9.72. The van der Waals surface area contributed by atoms with Crippen LogP contribution < -0.4 is 10.2 Å². The van der Waals surface area contributed by atoms with E-state index < -0.39 is 17.6 Å². The molecule has 2 aromatic carbocycles. The van der Waals surface area contributed by atoms with Crippen molar-refractivity contribution in [3.05, 3.63) is 89.5 Å². The number of carboxylic acids is 1. The van der Waals surface area contributed by atoms with E-state index in [1.165, 1.54) is 6.07 Å². The molecule has 0 saturated carbocycles. The zero-order valence-corrected chi connectivity index (χ0v) is 22.4. The zero-order valence-electron chi connectivity index (χ0n) is 22.4. The Hall–Kier alpha value is -4.93. The van der Waals surface area contributed by atoms with Crippen LogP contribution in [-0.4, -0.2) is 42.6 Å². The Balaban J connectivity index is 1.35. The molecule has 0 unspecified atom stereocenters. The van der Waals surface area contributed by atoms with Crippen LogP contribution in [0.4, 0.5) is 26.2 Å². The van der Waals surface area contributed by atoms with Crippen molar-refractivity contribution in [2.75, 3.05) is 17.3 Å². The smallest absolute Gasteiger partial charge is 0.335 e. The molecule has 9 nitrogen and oxygen atoms in total. The molecule has 0 aliphatic carbocycles. The van der Waals surface area contributed by atoms with Gasteiger partial charge in [0, 0.05) is 25.2 Å². The first kappa shape index (κ1) is 26.7. The molecule has 2 N–H and O–H groups in total. The van der Waals surface area contributed by atoms with E-state index in [0.29, 0.717) is 23.7 Å². The number of aryl methyl sites for hydroxylation is 1. The van der Waals surface area contributed by atoms with Gasteiger partial charge in [0.2, 0.25) is 5.95 Å². The lowest BCUT2D eigenvalue weighted by molar-refractivity contribution is 0.0697. The number of hydrogen-bond acceptors (Lipinski definition) is 7. The fourth-order valence-electron chi connectivity index (χ4n) is 4.61. The first-order chi connectivity index (χ1) is 19.1. The largest absolute Gasteiger partial charge is 0.478 e. The minimum absolute atomic E-state index is 0.0395. The van der Waals surface area contributed by atoms with E-state index in [1.807, 2.05) is 36.4 Å². The number of benzene rings is 2. The van der Waals surface area contributed by atoms with Gasteiger partial charge in [-0.3, -0.25) is 0 Å². The van der Waals surface area contributed by atoms with Gasteiger partial charge in [0.1, 0.15) is 22.9 Å². The molecule has 3 aromatic heterocycles. The summed E-state index contributed by atoms with van der Waals surface area (Å²) in [6, 6.07) is 13.2. The quantitative estimate of drug-likeness (QED) is 0.240. The number of imidazole rings is 1. The number of carboxylic acid groups (broad SMARTS) is 1. The average Bonchev–Trinajstić information content (AvgIpc) is 3.27. The number of rotatable bonds is 8. The van der Waals surface area contributed by atoms with Gasteiger partial charge in [-0.1, -0.05) is 12.1 Å². The molecule has 0 fully saturated rings. The van der Waals surface area contributed by atoms with Gasteiger partial charge in [0.15, 0.2) is 11.6 Å². The van der Waals surface area contributed by atoms with Crippen LogP contribution in [0.5, 0.6) is 0 Å². The van der Waals surface area contributed by atoms with Gasteiger partial charge < -0.3 is 19.9 Å². The summed E-state index contributed by atoms with van der Waals surface area (Å²) in [4.78, 5) is 30.1. The first-order valence-electron chi connectivity index (χ1n) is 12.6. The third-order valence-electron chi connectivity index (χ3n) is 6.51. The highest BCUT2D eigenvalue weighted by Crippen LogP contribution is 2.30. The molecule has 0 aliphatic heterocycles. The second kappa shape index (κ2) is 10.7. The van der Waals surface area contributed by atoms with Crippen LogP contribution in [0.1, 0.15) is 41.6 Å². The lowest BCUT2D eigenvalue weighted by Gasteiger charge is -2.19. The second-order valence-corrected chi connectivity index (χ2v) is 9.72. The molecule has 0 atom stereocenters. The maximum Gasteiger partial charge on any atom is 0.335 e. The summed E-state index contributed by atoms with van der Waals surface area (Å²) < 4.78 is 31.7. The summed E-state index contributed by atoms with van der Waals surface area (Å²) in [5, 5.41) is 12.0. The molecule has 5 aromatic rings. The van der Waals surface area contributed by atoms with E-state index in [0.717, 1.165) is 17.4 Å². The van der Waals surface area contributed by atoms with Crippen LogP contribution in [0.15, 0.2) is 60.9 Å². The molecule has 0 radical (unpaired) electrons. The number of fused-ring (bicyclic) bond motifs is 1. The number of hydrogen-bond donors (Lipinski definition) is 2. The highest BCUT2D eigenvalue weighted by Gasteiger charge is 2.18. The molecule has 204 valence electrons. The van der Waals surface area contributed by atoms with Crippen molar-refractivity contribution in [3.63, 3.8) is 0 Å². The zero-order chi connectivity index (χ0) is 28.6. The van der Waals surface area contributed by atoms with Gasteiger partial charge >= 0.3 is 5.97 Å². The topological polar surface area (TPSA) is 109 Å². The van der Waals surface area contributed by atoms with Crippen molar-refractivity contribution >= 4 is 34.5 Å². The molecular weight excluding hydrogens is 516 g/mol. The lowest BCUT2D eigenvalue weighted by atomic mass is 10.1. The van der Waals surface area contributed by atoms with Crippen LogP contribution >= 0.6 is 0 Å². The summed E-state index contributed by atoms with van der Waals surface area (Å²) in [5.74, 6) is -0.984. The fourth-order valence-corrected chi connectivity index (χ4v) is 4.61. The molecular formula is C29H27F2N7O2. The first-order valence-corrected chi connectivity index (χ1v) is 12.6. The number of pyridine rings is 1. The van der Waals surface area contributed by atoms with Crippen LogP contribution in [0.25, 0.3) is 22.3 Å². The molecule has 5 rings (SSSR count). The van der Waals surface area contributed by atoms with Crippen molar-refractivity contribution in [1.29, 1.82) is 0 Å². The van der Waals surface area contributed by atoms with Gasteiger partial charge in [-0.15, -0.1) is 0 Å². The molecule has 0 saturated heterocycles. The normalized spacial score (nSPS) is 11.3. The number of aromatic nitrogens is 5. The minimum Gasteiger partial charge on any atom is -0.478 e. The van der Waals surface area contributed by atoms with Crippen LogP contribution in [0.2, 0.25) is 0 Å². The summed E-state index contributed by atoms with van der Waals surface area (Å²) in [6.45, 7) is 6.30. The molecule has 3 heterocycles. The Morgan fingerprint density at radius 3 is 2.42 bits per heavy atom. The van der Waals surface area contributed by atoms with E-state index in [2.05, 4.69) is 25.3 Å². The molecule has 0 spiro atoms. The van der Waals surface area contributed by atoms with Gasteiger partial charge in [-0.2, -0.15) is 0 Å². The highest BCUT2D eigenvalue weighted by atomic mass is 19.1. The number of halogens is 2. The van der Waals surface area contributed by atoms with Gasteiger partial charge in [0.05, 0.1) is 29.2 Å². The third kappa shape index (κ3) is 5.31. The Bertz CT molecular complexity index is 1700. The standard InChI is InChI=1S/C29H27F2N7O2/c1-16(2)38-17(3)34-27-22(30)11-20(12-24(27)38)26-23(31)14-33-29(36-26)35-25-10-9-21(13-32-25)37(4)15-18-5-7-19(8-6-18)28(39)40/h5-14,16H,15H2,1-4H3,(H,39,40)(H,32,33,35,36). The van der Waals surface area contributed by atoms with Crippen LogP contribution in [0, 0.1) is 18.6 Å². The number of anilines is 3. The lowest BCUT2D eigenvalue weighted by Crippen LogP contribution is -2.16. The molecule has 11 heteroatoms. The highest BCUT2D eigenvalue weighted by molar-refractivity contribution is 5.87. The average molecular weight is 544 g/mol. The summed E-state index contributed by atoms with van der Waals surface area (Å²) >= 11 is 0. The van der Waals surface area contributed by atoms with E-state index in [9.17, 15) is 13.6 Å². The van der Waals surface area contributed by atoms with E-state index in [1.54, 1.807) is 49.5 Å². The predicted octanol–water partition coefficient (Wildman–Crippen LogP) is 6.13. The Morgan fingerprint density at radius 2 is 1.77 bits per heavy atom. The maximum atomic E-state index is 15.0. The fraction of sp³-hybridized carbons (Fsp3) is 0.207. The van der Waals surface area contributed by atoms with Crippen molar-refractivity contribution in [2.24, 2.45) is 0 Å². The monoisotopic (exact) mass is 543 g/mol. The van der Waals surface area contributed by atoms with E-state index in [4.69, 9.17) is 5.11 Å². The van der Waals surface area contributed by atoms with Crippen molar-refractivity contribution in [1.82, 2.24) is 24.5 Å². The number of carbonyl (C=O) groups is 1. The maximum absolute atomic E-state index is 15.0. The molecule has 0 amide bonds. The van der Waals surface area contributed by atoms with E-state index >= 15 is 0 Å². The van der Waals surface area contributed by atoms with Crippen molar-refractivity contribution in [2.45, 2.75) is 33.4 Å². The molecule has 40 heavy (non-hydrogen) atoms. The Kier molecular flexibility index (Phi) is 7.12. The van der Waals surface area contributed by atoms with E-state index in [-0.39, 0.29) is 34.3 Å². The van der Waals surface area contributed by atoms with Crippen molar-refractivity contribution in [3.8, 4) is 11.3 Å². The number of nitrogens with zero attached hydrogens (tertiary/aromatic N) is 6. The van der Waals surface area contributed by atoms with Crippen LogP contribution in [-0.2, 0) is 6.54 Å². The number of aromatic carboxylic acids is 1.